The number of hydrogen-bond donors (Lipinski definition) is 2. The lowest BCUT2D eigenvalue weighted by Crippen LogP contribution is -2.40. The molecular formula is C48H58Cl4O21. The van der Waals surface area contributed by atoms with E-state index in [1.54, 1.807) is 27.7 Å². The minimum atomic E-state index is -1.29. The second-order valence-electron chi connectivity index (χ2n) is 14.7. The molecule has 21 nitrogen and oxygen atoms in total. The molecule has 73 heavy (non-hydrogen) atoms. The van der Waals surface area contributed by atoms with Crippen molar-refractivity contribution in [3.8, 4) is 11.5 Å². The highest BCUT2D eigenvalue weighted by Gasteiger charge is 2.32. The summed E-state index contributed by atoms with van der Waals surface area (Å²) in [7, 11) is 0. The van der Waals surface area contributed by atoms with Gasteiger partial charge in [-0.2, -0.15) is 0 Å². The second kappa shape index (κ2) is 33.5. The first-order chi connectivity index (χ1) is 34.0. The van der Waals surface area contributed by atoms with Gasteiger partial charge in [0.25, 0.3) is 0 Å². The number of Topliss-reactive ketones (excluding diaryl/α,β-unsaturated/α-hetero) is 2. The maximum atomic E-state index is 12.2. The highest BCUT2D eigenvalue weighted by molar-refractivity contribution is 6.46. The van der Waals surface area contributed by atoms with Gasteiger partial charge in [0.1, 0.15) is 27.6 Å². The molecule has 0 spiro atoms. The first kappa shape index (κ1) is 66.7. The van der Waals surface area contributed by atoms with Crippen molar-refractivity contribution in [3.05, 3.63) is 79.8 Å². The summed E-state index contributed by atoms with van der Waals surface area (Å²) >= 11 is 24.2. The van der Waals surface area contributed by atoms with Crippen LogP contribution in [0.15, 0.2) is 48.6 Å². The quantitative estimate of drug-likeness (QED) is 0.0537. The fourth-order valence-electron chi connectivity index (χ4n) is 4.69. The van der Waals surface area contributed by atoms with Gasteiger partial charge in [0, 0.05) is 11.1 Å². The molecule has 6 atom stereocenters. The van der Waals surface area contributed by atoms with E-state index in [0.29, 0.717) is 24.0 Å². The molecule has 2 aromatic carbocycles. The van der Waals surface area contributed by atoms with Gasteiger partial charge in [-0.25, -0.2) is 38.4 Å². The third kappa shape index (κ3) is 23.0. The maximum absolute atomic E-state index is 12.2. The van der Waals surface area contributed by atoms with Crippen LogP contribution in [0.2, 0.25) is 20.1 Å². The van der Waals surface area contributed by atoms with Crippen LogP contribution in [-0.2, 0) is 71.5 Å². The number of halogens is 4. The van der Waals surface area contributed by atoms with Crippen molar-refractivity contribution < 1.29 is 101 Å². The van der Waals surface area contributed by atoms with Crippen LogP contribution in [0.3, 0.4) is 0 Å². The number of carbonyl (C=O) groups excluding carboxylic acids is 9. The average Bonchev–Trinajstić information content (AvgIpc) is 3.33. The van der Waals surface area contributed by atoms with Crippen LogP contribution in [0.5, 0.6) is 11.5 Å². The number of aliphatic hydroxyl groups excluding tert-OH is 1. The molecule has 0 bridgehead atoms. The summed E-state index contributed by atoms with van der Waals surface area (Å²) in [4.78, 5) is 113. The van der Waals surface area contributed by atoms with E-state index in [9.17, 15) is 47.9 Å². The molecule has 404 valence electrons. The summed E-state index contributed by atoms with van der Waals surface area (Å²) < 4.78 is 43.1. The second-order valence-corrected chi connectivity index (χ2v) is 16.2. The molecule has 3 rings (SSSR count). The zero-order valence-electron chi connectivity index (χ0n) is 41.6. The maximum Gasteiger partial charge on any atom is 0.347 e. The van der Waals surface area contributed by atoms with E-state index in [4.69, 9.17) is 80.3 Å². The Morgan fingerprint density at radius 1 is 0.575 bits per heavy atom. The number of cyclic esters (lactones) is 2. The lowest BCUT2D eigenvalue weighted by Gasteiger charge is -2.22. The first-order valence-corrected chi connectivity index (χ1v) is 23.4. The lowest BCUT2D eigenvalue weighted by molar-refractivity contribution is -0.191. The summed E-state index contributed by atoms with van der Waals surface area (Å²) in [5.41, 5.74) is 1.17. The molecule has 0 radical (unpaired) electrons. The predicted octanol–water partition coefficient (Wildman–Crippen LogP) is 7.28. The molecule has 1 fully saturated rings. The van der Waals surface area contributed by atoms with E-state index in [1.165, 1.54) is 65.8 Å². The number of benzene rings is 2. The van der Waals surface area contributed by atoms with Gasteiger partial charge in [0.05, 0.1) is 23.3 Å². The monoisotopic (exact) mass is 1110 g/mol. The van der Waals surface area contributed by atoms with E-state index < -0.39 is 97.6 Å². The molecule has 0 amide bonds. The van der Waals surface area contributed by atoms with Crippen molar-refractivity contribution >= 4 is 106 Å². The van der Waals surface area contributed by atoms with E-state index in [-0.39, 0.29) is 67.5 Å². The molecule has 1 aliphatic heterocycles. The van der Waals surface area contributed by atoms with E-state index in [2.05, 4.69) is 32.1 Å². The Labute approximate surface area is 441 Å². The molecular weight excluding hydrogens is 1050 g/mol. The van der Waals surface area contributed by atoms with Gasteiger partial charge in [-0.05, 0) is 104 Å². The summed E-state index contributed by atoms with van der Waals surface area (Å²) in [6.07, 6.45) is -5.16. The SMILES string of the molecule is C=C(CC)C(=O)c1ccc(OCC(=O)O)c(Cl)c1Cl.C=C(CC)C(=O)c1ccc(OCC(=O)O[C@@H](C)C(=O)O[C@@H](C)C(=O)OCC)c(Cl)c1Cl.CC1OC(=O)C(C)OC1=O.CCOC(=O)[C@H](C)OC(=O)[C@H](C)O. The normalized spacial score (nSPS) is 14.9. The van der Waals surface area contributed by atoms with Crippen molar-refractivity contribution in [2.45, 2.75) is 119 Å². The number of allylic oxidation sites excluding steroid dienone is 2. The summed E-state index contributed by atoms with van der Waals surface area (Å²) in [5, 5.41) is 17.2. The van der Waals surface area contributed by atoms with Gasteiger partial charge in [0.2, 0.25) is 0 Å². The van der Waals surface area contributed by atoms with Crippen molar-refractivity contribution in [3.63, 3.8) is 0 Å². The fourth-order valence-corrected chi connectivity index (χ4v) is 5.61. The minimum Gasteiger partial charge on any atom is -0.480 e. The Hall–Kier alpha value is -6.26. The van der Waals surface area contributed by atoms with Crippen molar-refractivity contribution in [2.75, 3.05) is 26.4 Å². The lowest BCUT2D eigenvalue weighted by atomic mass is 10.0. The molecule has 25 heteroatoms. The highest BCUT2D eigenvalue weighted by atomic mass is 35.5. The minimum absolute atomic E-state index is 0.0117. The Morgan fingerprint density at radius 2 is 0.932 bits per heavy atom. The summed E-state index contributed by atoms with van der Waals surface area (Å²) in [6, 6.07) is 5.65. The molecule has 2 aromatic rings. The van der Waals surface area contributed by atoms with Crippen LogP contribution in [0.25, 0.3) is 0 Å². The number of carbonyl (C=O) groups is 10. The van der Waals surface area contributed by atoms with Gasteiger partial charge < -0.3 is 52.8 Å². The molecule has 0 aliphatic carbocycles. The largest absolute Gasteiger partial charge is 0.480 e. The van der Waals surface area contributed by atoms with Crippen LogP contribution in [-0.4, -0.2) is 133 Å². The zero-order chi connectivity index (χ0) is 56.4. The van der Waals surface area contributed by atoms with Crippen molar-refractivity contribution in [1.29, 1.82) is 0 Å². The Bertz CT molecular complexity index is 2330. The molecule has 0 saturated carbocycles. The summed E-state index contributed by atoms with van der Waals surface area (Å²) in [5.74, 6) is -6.53. The standard InChI is InChI=1S/C21H24Cl2O8.C13H12Cl2O4.C8H14O5.C6H8O4/c1-6-11(3)19(25)14-8-9-15(18(23)17(14)22)29-10-16(24)30-13(5)21(27)31-12(4)20(26)28-7-2;1-3-7(2)13(18)8-4-5-9(12(15)11(8)14)19-6-10(16)17;1-4-12-8(11)6(3)13-7(10)5(2)9;1-3-5(7)10-4(2)6(8)9-3/h8-9,12-13H,3,6-7,10H2,1-2,4-5H3;4-5H,2-3,6H2,1H3,(H,16,17);5-6,9H,4H2,1-3H3;3-4H,1-2H3/t12-,13-;;5-,6-;/m0.0./s1. The van der Waals surface area contributed by atoms with Crippen LogP contribution >= 0.6 is 46.4 Å². The third-order valence-corrected chi connectivity index (χ3v) is 10.6. The van der Waals surface area contributed by atoms with Crippen LogP contribution in [0.4, 0.5) is 0 Å². The Kier molecular flexibility index (Phi) is 30.6. The molecule has 2 unspecified atom stereocenters. The van der Waals surface area contributed by atoms with Crippen LogP contribution in [0, 0.1) is 0 Å². The van der Waals surface area contributed by atoms with Crippen LogP contribution in [0.1, 0.15) is 103 Å². The average molecular weight is 1110 g/mol. The first-order valence-electron chi connectivity index (χ1n) is 21.9. The topological polar surface area (TPSA) is 294 Å². The van der Waals surface area contributed by atoms with E-state index >= 15 is 0 Å². The van der Waals surface area contributed by atoms with Gasteiger partial charge in [-0.15, -0.1) is 0 Å². The molecule has 1 aliphatic rings. The third-order valence-electron chi connectivity index (χ3n) is 8.83. The molecule has 1 saturated heterocycles. The number of hydrogen-bond acceptors (Lipinski definition) is 20. The van der Waals surface area contributed by atoms with Gasteiger partial charge in [-0.1, -0.05) is 73.4 Å². The van der Waals surface area contributed by atoms with Gasteiger partial charge >= 0.3 is 47.8 Å². The Morgan fingerprint density at radius 3 is 1.27 bits per heavy atom. The molecule has 2 N–H and O–H groups in total. The number of carboxylic acid groups (broad SMARTS) is 1. The number of aliphatic hydroxyl groups is 1. The number of carboxylic acids is 1. The smallest absolute Gasteiger partial charge is 0.347 e. The fraction of sp³-hybridized carbons (Fsp3) is 0.458. The van der Waals surface area contributed by atoms with Crippen molar-refractivity contribution in [1.82, 2.24) is 0 Å². The number of ether oxygens (including phenoxy) is 9. The predicted molar refractivity (Wildman–Crippen MR) is 262 cm³/mol. The number of ketones is 2. The Balaban J connectivity index is 0.00000104. The van der Waals surface area contributed by atoms with E-state index in [1.807, 2.05) is 0 Å². The number of esters is 7. The summed E-state index contributed by atoms with van der Waals surface area (Å²) in [6.45, 7) is 21.6. The molecule has 0 aromatic heterocycles. The number of aliphatic carboxylic acids is 1. The van der Waals surface area contributed by atoms with E-state index in [0.717, 1.165) is 0 Å². The molecule has 1 heterocycles. The van der Waals surface area contributed by atoms with Crippen LogP contribution < -0.4 is 9.47 Å². The number of rotatable bonds is 21. The van der Waals surface area contributed by atoms with Gasteiger partial charge in [0.15, 0.2) is 55.3 Å². The van der Waals surface area contributed by atoms with Gasteiger partial charge in [-0.3, -0.25) is 9.59 Å². The highest BCUT2D eigenvalue weighted by Crippen LogP contribution is 2.37. The zero-order valence-corrected chi connectivity index (χ0v) is 44.6. The van der Waals surface area contributed by atoms with Crippen molar-refractivity contribution in [2.24, 2.45) is 0 Å².